The van der Waals surface area contributed by atoms with Crippen molar-refractivity contribution in [3.05, 3.63) is 58.6 Å². The van der Waals surface area contributed by atoms with E-state index in [0.717, 1.165) is 33.4 Å². The van der Waals surface area contributed by atoms with Crippen LogP contribution in [0, 0.1) is 0 Å². The summed E-state index contributed by atoms with van der Waals surface area (Å²) in [5, 5.41) is 0.725. The van der Waals surface area contributed by atoms with Crippen LogP contribution in [0.5, 0.6) is 11.5 Å². The van der Waals surface area contributed by atoms with Crippen molar-refractivity contribution in [2.24, 2.45) is 0 Å². The molecular formula is C18H18ClNO3S. The third-order valence-corrected chi connectivity index (χ3v) is 4.93. The minimum atomic E-state index is 0.103. The van der Waals surface area contributed by atoms with Gasteiger partial charge in [0.1, 0.15) is 0 Å². The van der Waals surface area contributed by atoms with Crippen molar-refractivity contribution in [1.82, 2.24) is 4.90 Å². The lowest BCUT2D eigenvalue weighted by Crippen LogP contribution is -2.27. The number of hydrogen-bond donors (Lipinski definition) is 0. The lowest BCUT2D eigenvalue weighted by molar-refractivity contribution is -0.127. The number of benzene rings is 2. The Morgan fingerprint density at radius 3 is 2.62 bits per heavy atom. The zero-order chi connectivity index (χ0) is 16.9. The van der Waals surface area contributed by atoms with E-state index in [0.29, 0.717) is 12.3 Å². The lowest BCUT2D eigenvalue weighted by atomic mass is 10.2. The second kappa shape index (κ2) is 7.81. The van der Waals surface area contributed by atoms with Crippen molar-refractivity contribution in [1.29, 1.82) is 0 Å². The molecule has 0 aliphatic carbocycles. The molecule has 0 saturated carbocycles. The maximum atomic E-state index is 12.3. The summed E-state index contributed by atoms with van der Waals surface area (Å²) in [5.41, 5.74) is 2.19. The number of ether oxygens (including phenoxy) is 2. The van der Waals surface area contributed by atoms with Gasteiger partial charge >= 0.3 is 0 Å². The highest BCUT2D eigenvalue weighted by Crippen LogP contribution is 2.32. The smallest absolute Gasteiger partial charge is 0.232 e. The highest BCUT2D eigenvalue weighted by atomic mass is 35.5. The topological polar surface area (TPSA) is 38.8 Å². The van der Waals surface area contributed by atoms with E-state index in [1.807, 2.05) is 49.5 Å². The fourth-order valence-corrected chi connectivity index (χ4v) is 3.40. The van der Waals surface area contributed by atoms with E-state index in [1.54, 1.807) is 16.7 Å². The quantitative estimate of drug-likeness (QED) is 0.778. The third-order valence-electron chi connectivity index (χ3n) is 3.69. The summed E-state index contributed by atoms with van der Waals surface area (Å²) in [6.07, 6.45) is 0. The molecule has 0 atom stereocenters. The van der Waals surface area contributed by atoms with Gasteiger partial charge in [0.2, 0.25) is 12.7 Å². The number of fused-ring (bicyclic) bond motifs is 1. The molecule has 1 amide bonds. The molecule has 1 heterocycles. The summed E-state index contributed by atoms with van der Waals surface area (Å²) >= 11 is 7.47. The number of hydrogen-bond acceptors (Lipinski definition) is 4. The van der Waals surface area contributed by atoms with Crippen LogP contribution >= 0.6 is 23.4 Å². The first-order valence-corrected chi connectivity index (χ1v) is 9.10. The van der Waals surface area contributed by atoms with Crippen molar-refractivity contribution >= 4 is 29.3 Å². The number of carbonyl (C=O) groups is 1. The van der Waals surface area contributed by atoms with Gasteiger partial charge in [0.25, 0.3) is 0 Å². The van der Waals surface area contributed by atoms with Gasteiger partial charge in [0, 0.05) is 24.4 Å². The van der Waals surface area contributed by atoms with Crippen LogP contribution in [-0.2, 0) is 17.1 Å². The Morgan fingerprint density at radius 1 is 1.12 bits per heavy atom. The number of amides is 1. The molecule has 1 aliphatic rings. The van der Waals surface area contributed by atoms with Crippen LogP contribution in [0.4, 0.5) is 0 Å². The van der Waals surface area contributed by atoms with Gasteiger partial charge in [-0.25, -0.2) is 0 Å². The molecule has 0 unspecified atom stereocenters. The number of nitrogens with zero attached hydrogens (tertiary/aromatic N) is 1. The Balaban J connectivity index is 1.47. The normalized spacial score (nSPS) is 12.2. The van der Waals surface area contributed by atoms with Gasteiger partial charge < -0.3 is 14.4 Å². The largest absolute Gasteiger partial charge is 0.454 e. The summed E-state index contributed by atoms with van der Waals surface area (Å²) in [7, 11) is 1.82. The van der Waals surface area contributed by atoms with Crippen molar-refractivity contribution in [3.63, 3.8) is 0 Å². The molecule has 126 valence electrons. The maximum Gasteiger partial charge on any atom is 0.232 e. The second-order valence-corrected chi connectivity index (χ2v) is 6.98. The zero-order valence-electron chi connectivity index (χ0n) is 13.3. The van der Waals surface area contributed by atoms with E-state index >= 15 is 0 Å². The maximum absolute atomic E-state index is 12.3. The van der Waals surface area contributed by atoms with E-state index < -0.39 is 0 Å². The monoisotopic (exact) mass is 363 g/mol. The second-order valence-electron chi connectivity index (χ2n) is 5.56. The summed E-state index contributed by atoms with van der Waals surface area (Å²) < 4.78 is 10.7. The summed E-state index contributed by atoms with van der Waals surface area (Å²) in [6.45, 7) is 0.811. The number of thioether (sulfide) groups is 1. The Labute approximate surface area is 150 Å². The van der Waals surface area contributed by atoms with Gasteiger partial charge in [0.05, 0.1) is 5.75 Å². The van der Waals surface area contributed by atoms with Gasteiger partial charge in [-0.2, -0.15) is 0 Å². The van der Waals surface area contributed by atoms with Crippen LogP contribution in [0.2, 0.25) is 5.02 Å². The fraction of sp³-hybridized carbons (Fsp3) is 0.278. The van der Waals surface area contributed by atoms with Gasteiger partial charge in [-0.3, -0.25) is 4.79 Å². The standard InChI is InChI=1S/C18H18ClNO3S/c1-20(9-14-4-7-16-17(8-14)23-12-22-16)18(21)11-24-10-13-2-5-15(19)6-3-13/h2-8H,9-12H2,1H3. The third kappa shape index (κ3) is 4.36. The molecule has 6 heteroatoms. The molecular weight excluding hydrogens is 346 g/mol. The Kier molecular flexibility index (Phi) is 5.53. The molecule has 0 saturated heterocycles. The summed E-state index contributed by atoms with van der Waals surface area (Å²) in [6, 6.07) is 13.5. The van der Waals surface area contributed by atoms with Crippen molar-refractivity contribution in [3.8, 4) is 11.5 Å². The van der Waals surface area contributed by atoms with E-state index in [4.69, 9.17) is 21.1 Å². The molecule has 2 aromatic carbocycles. The molecule has 0 fully saturated rings. The minimum absolute atomic E-state index is 0.103. The molecule has 0 radical (unpaired) electrons. The molecule has 4 nitrogen and oxygen atoms in total. The molecule has 0 bridgehead atoms. The van der Waals surface area contributed by atoms with Crippen molar-refractivity contribution in [2.45, 2.75) is 12.3 Å². The first kappa shape index (κ1) is 17.0. The van der Waals surface area contributed by atoms with Crippen LogP contribution in [0.15, 0.2) is 42.5 Å². The Hall–Kier alpha value is -1.85. The molecule has 0 spiro atoms. The minimum Gasteiger partial charge on any atom is -0.454 e. The van der Waals surface area contributed by atoms with Gasteiger partial charge in [-0.05, 0) is 35.4 Å². The molecule has 1 aliphatic heterocycles. The summed E-state index contributed by atoms with van der Waals surface area (Å²) in [4.78, 5) is 14.0. The van der Waals surface area contributed by atoms with Crippen LogP contribution in [0.1, 0.15) is 11.1 Å². The molecule has 0 aromatic heterocycles. The van der Waals surface area contributed by atoms with Crippen molar-refractivity contribution in [2.75, 3.05) is 19.6 Å². The van der Waals surface area contributed by atoms with E-state index in [-0.39, 0.29) is 12.7 Å². The SMILES string of the molecule is CN(Cc1ccc2c(c1)OCO2)C(=O)CSCc1ccc(Cl)cc1. The van der Waals surface area contributed by atoms with Crippen molar-refractivity contribution < 1.29 is 14.3 Å². The van der Waals surface area contributed by atoms with E-state index in [1.165, 1.54) is 0 Å². The summed E-state index contributed by atoms with van der Waals surface area (Å²) in [5.74, 6) is 2.84. The van der Waals surface area contributed by atoms with Gasteiger partial charge in [-0.15, -0.1) is 11.8 Å². The molecule has 24 heavy (non-hydrogen) atoms. The molecule has 2 aromatic rings. The fourth-order valence-electron chi connectivity index (χ4n) is 2.35. The first-order chi connectivity index (χ1) is 11.6. The average molecular weight is 364 g/mol. The highest BCUT2D eigenvalue weighted by molar-refractivity contribution is 7.99. The van der Waals surface area contributed by atoms with Gasteiger partial charge in [0.15, 0.2) is 11.5 Å². The molecule has 0 N–H and O–H groups in total. The van der Waals surface area contributed by atoms with E-state index in [2.05, 4.69) is 0 Å². The van der Waals surface area contributed by atoms with Crippen LogP contribution < -0.4 is 9.47 Å². The lowest BCUT2D eigenvalue weighted by Gasteiger charge is -2.17. The first-order valence-electron chi connectivity index (χ1n) is 7.56. The average Bonchev–Trinajstić information content (AvgIpc) is 3.04. The number of halogens is 1. The van der Waals surface area contributed by atoms with Gasteiger partial charge in [-0.1, -0.05) is 29.8 Å². The van der Waals surface area contributed by atoms with Crippen LogP contribution in [0.25, 0.3) is 0 Å². The number of carbonyl (C=O) groups excluding carboxylic acids is 1. The predicted octanol–water partition coefficient (Wildman–Crippen LogP) is 3.96. The predicted molar refractivity (Wildman–Crippen MR) is 96.7 cm³/mol. The number of rotatable bonds is 6. The molecule has 3 rings (SSSR count). The Bertz CT molecular complexity index is 721. The van der Waals surface area contributed by atoms with Crippen LogP contribution in [0.3, 0.4) is 0 Å². The highest BCUT2D eigenvalue weighted by Gasteiger charge is 2.15. The zero-order valence-corrected chi connectivity index (χ0v) is 14.9. The van der Waals surface area contributed by atoms with Crippen LogP contribution in [-0.4, -0.2) is 30.4 Å². The Morgan fingerprint density at radius 2 is 1.83 bits per heavy atom. The van der Waals surface area contributed by atoms with E-state index in [9.17, 15) is 4.79 Å².